The highest BCUT2D eigenvalue weighted by Crippen LogP contribution is 2.49. The lowest BCUT2D eigenvalue weighted by atomic mass is 9.61. The van der Waals surface area contributed by atoms with E-state index in [1.807, 2.05) is 0 Å². The van der Waals surface area contributed by atoms with Gasteiger partial charge in [0.05, 0.1) is 11.5 Å². The van der Waals surface area contributed by atoms with Crippen LogP contribution in [0.15, 0.2) is 30.9 Å². The van der Waals surface area contributed by atoms with Gasteiger partial charge in [-0.05, 0) is 106 Å². The van der Waals surface area contributed by atoms with Gasteiger partial charge in [0.15, 0.2) is 0 Å². The molecule has 4 unspecified atom stereocenters. The summed E-state index contributed by atoms with van der Waals surface area (Å²) in [5, 5.41) is 8.81. The minimum atomic E-state index is -0.649. The van der Waals surface area contributed by atoms with Crippen LogP contribution in [0.2, 0.25) is 0 Å². The van der Waals surface area contributed by atoms with Crippen LogP contribution in [0, 0.1) is 52.7 Å². The summed E-state index contributed by atoms with van der Waals surface area (Å²) in [6.07, 6.45) is 14.2. The van der Waals surface area contributed by atoms with E-state index >= 15 is 0 Å². The highest BCUT2D eigenvalue weighted by molar-refractivity contribution is 5.75. The Labute approximate surface area is 179 Å². The van der Waals surface area contributed by atoms with Gasteiger partial charge in [0.25, 0.3) is 0 Å². The van der Waals surface area contributed by atoms with E-state index in [0.29, 0.717) is 0 Å². The fourth-order valence-electron chi connectivity index (χ4n) is 6.28. The normalized spacial score (nSPS) is 33.7. The fraction of sp³-hybridized carbons (Fsp3) is 0.615. The number of carbonyl (C=O) groups excluding carboxylic acids is 1. The Bertz CT molecular complexity index is 821. The molecular formula is C26H32FNO2. The molecule has 0 radical (unpaired) electrons. The Kier molecular flexibility index (Phi) is 6.56. The third kappa shape index (κ3) is 4.61. The van der Waals surface area contributed by atoms with Crippen LogP contribution in [-0.4, -0.2) is 5.97 Å². The standard InChI is InChI=1S/C26H32FNO2/c1-2-17-3-4-22-14-21(10-9-20(22)13-17)18-5-7-19(8-6-18)26(29)30-24-12-11-23(16-28)25(27)15-24/h2,11-12,15,17-22H,1,3-10,13-14H2. The summed E-state index contributed by atoms with van der Waals surface area (Å²) >= 11 is 0. The van der Waals surface area contributed by atoms with E-state index in [0.717, 1.165) is 61.3 Å². The largest absolute Gasteiger partial charge is 0.426 e. The topological polar surface area (TPSA) is 50.1 Å². The summed E-state index contributed by atoms with van der Waals surface area (Å²) in [5.41, 5.74) is -0.0389. The van der Waals surface area contributed by atoms with E-state index < -0.39 is 5.82 Å². The van der Waals surface area contributed by atoms with Crippen LogP contribution < -0.4 is 4.74 Å². The lowest BCUT2D eigenvalue weighted by molar-refractivity contribution is -0.140. The van der Waals surface area contributed by atoms with Crippen LogP contribution in [0.4, 0.5) is 4.39 Å². The highest BCUT2D eigenvalue weighted by Gasteiger charge is 2.39. The number of allylic oxidation sites excluding steroid dienone is 1. The third-order valence-corrected chi connectivity index (χ3v) is 8.08. The van der Waals surface area contributed by atoms with Crippen LogP contribution in [-0.2, 0) is 4.79 Å². The molecule has 0 aromatic heterocycles. The van der Waals surface area contributed by atoms with Crippen LogP contribution in [0.1, 0.15) is 69.8 Å². The maximum absolute atomic E-state index is 13.7. The number of rotatable bonds is 4. The number of halogens is 1. The van der Waals surface area contributed by atoms with Gasteiger partial charge in [-0.25, -0.2) is 4.39 Å². The van der Waals surface area contributed by atoms with Gasteiger partial charge >= 0.3 is 5.97 Å². The van der Waals surface area contributed by atoms with Gasteiger partial charge in [0.1, 0.15) is 17.6 Å². The first kappa shape index (κ1) is 21.1. The Morgan fingerprint density at radius 2 is 1.63 bits per heavy atom. The van der Waals surface area contributed by atoms with Gasteiger partial charge in [-0.2, -0.15) is 5.26 Å². The van der Waals surface area contributed by atoms with Crippen molar-refractivity contribution in [2.45, 2.75) is 64.2 Å². The number of nitriles is 1. The molecule has 1 aromatic rings. The van der Waals surface area contributed by atoms with Crippen molar-refractivity contribution < 1.29 is 13.9 Å². The van der Waals surface area contributed by atoms with E-state index in [1.54, 1.807) is 6.07 Å². The Morgan fingerprint density at radius 3 is 2.30 bits per heavy atom. The molecule has 0 amide bonds. The first-order chi connectivity index (χ1) is 14.6. The third-order valence-electron chi connectivity index (χ3n) is 8.08. The second kappa shape index (κ2) is 9.33. The van der Waals surface area contributed by atoms with Crippen molar-refractivity contribution in [3.63, 3.8) is 0 Å². The van der Waals surface area contributed by atoms with Crippen LogP contribution in [0.25, 0.3) is 0 Å². The Balaban J connectivity index is 1.26. The average molecular weight is 410 g/mol. The maximum atomic E-state index is 13.7. The lowest BCUT2D eigenvalue weighted by Crippen LogP contribution is -2.35. The Hall–Kier alpha value is -2.15. The molecule has 0 bridgehead atoms. The summed E-state index contributed by atoms with van der Waals surface area (Å²) in [4.78, 5) is 12.5. The molecule has 0 spiro atoms. The zero-order valence-electron chi connectivity index (χ0n) is 17.7. The van der Waals surface area contributed by atoms with Gasteiger partial charge in [-0.1, -0.05) is 6.08 Å². The lowest BCUT2D eigenvalue weighted by Gasteiger charge is -2.45. The number of hydrogen-bond donors (Lipinski definition) is 0. The molecule has 30 heavy (non-hydrogen) atoms. The van der Waals surface area contributed by atoms with Crippen molar-refractivity contribution >= 4 is 5.97 Å². The van der Waals surface area contributed by atoms with Crippen molar-refractivity contribution in [1.29, 1.82) is 5.26 Å². The average Bonchev–Trinajstić information content (AvgIpc) is 2.78. The SMILES string of the molecule is C=CC1CCC2CC(C3CCC(C(=O)Oc4ccc(C#N)c(F)c4)CC3)CCC2C1. The van der Waals surface area contributed by atoms with E-state index in [4.69, 9.17) is 10.00 Å². The molecule has 4 atom stereocenters. The minimum absolute atomic E-state index is 0.0389. The molecule has 3 saturated carbocycles. The van der Waals surface area contributed by atoms with Crippen molar-refractivity contribution in [3.05, 3.63) is 42.2 Å². The first-order valence-corrected chi connectivity index (χ1v) is 11.6. The quantitative estimate of drug-likeness (QED) is 0.327. The summed E-state index contributed by atoms with van der Waals surface area (Å²) in [5.74, 6) is 3.26. The summed E-state index contributed by atoms with van der Waals surface area (Å²) < 4.78 is 19.2. The fourth-order valence-corrected chi connectivity index (χ4v) is 6.28. The summed E-state index contributed by atoms with van der Waals surface area (Å²) in [7, 11) is 0. The smallest absolute Gasteiger partial charge is 0.314 e. The van der Waals surface area contributed by atoms with Gasteiger partial charge in [-0.3, -0.25) is 4.79 Å². The monoisotopic (exact) mass is 409 g/mol. The molecule has 0 N–H and O–H groups in total. The van der Waals surface area contributed by atoms with Crippen LogP contribution in [0.3, 0.4) is 0 Å². The molecule has 3 aliphatic rings. The first-order valence-electron chi connectivity index (χ1n) is 11.6. The number of benzene rings is 1. The summed E-state index contributed by atoms with van der Waals surface area (Å²) in [6.45, 7) is 4.00. The zero-order chi connectivity index (χ0) is 21.1. The predicted molar refractivity (Wildman–Crippen MR) is 114 cm³/mol. The molecule has 1 aromatic carbocycles. The molecule has 4 rings (SSSR count). The highest BCUT2D eigenvalue weighted by atomic mass is 19.1. The number of esters is 1. The molecule has 3 aliphatic carbocycles. The van der Waals surface area contributed by atoms with Gasteiger partial charge < -0.3 is 4.74 Å². The second-order valence-corrected chi connectivity index (χ2v) is 9.69. The molecule has 160 valence electrons. The van der Waals surface area contributed by atoms with E-state index in [9.17, 15) is 9.18 Å². The van der Waals surface area contributed by atoms with Gasteiger partial charge in [0, 0.05) is 6.07 Å². The van der Waals surface area contributed by atoms with Crippen LogP contribution in [0.5, 0.6) is 5.75 Å². The molecule has 0 saturated heterocycles. The minimum Gasteiger partial charge on any atom is -0.426 e. The van der Waals surface area contributed by atoms with E-state index in [2.05, 4.69) is 12.7 Å². The number of hydrogen-bond acceptors (Lipinski definition) is 3. The van der Waals surface area contributed by atoms with E-state index in [1.165, 1.54) is 50.7 Å². The molecular weight excluding hydrogens is 377 g/mol. The molecule has 3 nitrogen and oxygen atoms in total. The zero-order valence-corrected chi connectivity index (χ0v) is 17.7. The Morgan fingerprint density at radius 1 is 1.00 bits per heavy atom. The number of nitrogens with zero attached hydrogens (tertiary/aromatic N) is 1. The van der Waals surface area contributed by atoms with Crippen molar-refractivity contribution in [1.82, 2.24) is 0 Å². The summed E-state index contributed by atoms with van der Waals surface area (Å²) in [6, 6.07) is 5.75. The molecule has 0 aliphatic heterocycles. The van der Waals surface area contributed by atoms with E-state index in [-0.39, 0.29) is 23.2 Å². The number of fused-ring (bicyclic) bond motifs is 1. The van der Waals surface area contributed by atoms with Crippen molar-refractivity contribution in [2.75, 3.05) is 0 Å². The van der Waals surface area contributed by atoms with Crippen LogP contribution >= 0.6 is 0 Å². The predicted octanol–water partition coefficient (Wildman–Crippen LogP) is 6.43. The van der Waals surface area contributed by atoms with Crippen molar-refractivity contribution in [3.8, 4) is 11.8 Å². The van der Waals surface area contributed by atoms with Gasteiger partial charge in [0.2, 0.25) is 0 Å². The number of ether oxygens (including phenoxy) is 1. The van der Waals surface area contributed by atoms with Crippen molar-refractivity contribution in [2.24, 2.45) is 35.5 Å². The molecule has 4 heteroatoms. The second-order valence-electron chi connectivity index (χ2n) is 9.69. The number of carbonyl (C=O) groups is 1. The maximum Gasteiger partial charge on any atom is 0.314 e. The molecule has 3 fully saturated rings. The molecule has 0 heterocycles. The van der Waals surface area contributed by atoms with Gasteiger partial charge in [-0.15, -0.1) is 6.58 Å².